The van der Waals surface area contributed by atoms with Crippen molar-refractivity contribution in [1.82, 2.24) is 14.8 Å². The molecule has 26 heavy (non-hydrogen) atoms. The summed E-state index contributed by atoms with van der Waals surface area (Å²) in [7, 11) is -2.99. The predicted molar refractivity (Wildman–Crippen MR) is 99.2 cm³/mol. The third kappa shape index (κ3) is 3.24. The van der Waals surface area contributed by atoms with Gasteiger partial charge in [0.2, 0.25) is 0 Å². The Balaban J connectivity index is 1.64. The summed E-state index contributed by atoms with van der Waals surface area (Å²) < 4.78 is 31.9. The molecular weight excluding hydrogens is 350 g/mol. The average Bonchev–Trinajstić information content (AvgIpc) is 3.24. The zero-order chi connectivity index (χ0) is 18.5. The lowest BCUT2D eigenvalue weighted by Crippen LogP contribution is -2.31. The molecule has 0 N–H and O–H groups in total. The first kappa shape index (κ1) is 17.5. The van der Waals surface area contributed by atoms with Crippen molar-refractivity contribution in [2.75, 3.05) is 11.5 Å². The summed E-state index contributed by atoms with van der Waals surface area (Å²) in [5.74, 6) is 2.47. The van der Waals surface area contributed by atoms with E-state index in [9.17, 15) is 8.42 Å². The minimum Gasteiger partial charge on any atom is -0.480 e. The second-order valence-electron chi connectivity index (χ2n) is 7.88. The fourth-order valence-electron chi connectivity index (χ4n) is 4.02. The van der Waals surface area contributed by atoms with Crippen LogP contribution in [0, 0.1) is 6.92 Å². The van der Waals surface area contributed by atoms with Crippen LogP contribution in [0.4, 0.5) is 0 Å². The van der Waals surface area contributed by atoms with E-state index in [0.717, 1.165) is 18.6 Å². The van der Waals surface area contributed by atoms with Gasteiger partial charge in [-0.2, -0.15) is 5.10 Å². The maximum absolute atomic E-state index is 11.9. The number of rotatable bonds is 4. The molecule has 0 bridgehead atoms. The molecule has 1 aromatic carbocycles. The van der Waals surface area contributed by atoms with Crippen molar-refractivity contribution in [2.45, 2.75) is 58.1 Å². The van der Waals surface area contributed by atoms with E-state index in [-0.39, 0.29) is 17.5 Å². The second-order valence-corrected chi connectivity index (χ2v) is 10.1. The van der Waals surface area contributed by atoms with Gasteiger partial charge in [0.25, 0.3) is 0 Å². The molecular formula is C19H25N3O3S. The van der Waals surface area contributed by atoms with E-state index in [1.807, 2.05) is 26.8 Å². The van der Waals surface area contributed by atoms with Gasteiger partial charge in [0, 0.05) is 0 Å². The maximum atomic E-state index is 11.9. The average molecular weight is 375 g/mol. The SMILES string of the molecule is Cc1nc(C(C)(C)Oc2ccc3c(c2)CCC3)n(C2CCS(=O)(=O)C2)n1. The Morgan fingerprint density at radius 3 is 2.73 bits per heavy atom. The second kappa shape index (κ2) is 6.08. The van der Waals surface area contributed by atoms with Crippen molar-refractivity contribution in [2.24, 2.45) is 0 Å². The van der Waals surface area contributed by atoms with Gasteiger partial charge in [-0.1, -0.05) is 6.07 Å². The molecule has 2 heterocycles. The lowest BCUT2D eigenvalue weighted by atomic mass is 10.1. The Morgan fingerprint density at radius 2 is 2.00 bits per heavy atom. The third-order valence-corrected chi connectivity index (χ3v) is 7.02. The van der Waals surface area contributed by atoms with Crippen LogP contribution in [0.25, 0.3) is 0 Å². The first-order valence-electron chi connectivity index (χ1n) is 9.18. The first-order chi connectivity index (χ1) is 12.2. The molecule has 0 saturated carbocycles. The van der Waals surface area contributed by atoms with Crippen LogP contribution in [-0.4, -0.2) is 34.7 Å². The topological polar surface area (TPSA) is 74.1 Å². The van der Waals surface area contributed by atoms with E-state index in [1.54, 1.807) is 4.68 Å². The summed E-state index contributed by atoms with van der Waals surface area (Å²) >= 11 is 0. The van der Waals surface area contributed by atoms with Crippen LogP contribution in [0.5, 0.6) is 5.75 Å². The summed E-state index contributed by atoms with van der Waals surface area (Å²) in [6, 6.07) is 6.11. The smallest absolute Gasteiger partial charge is 0.171 e. The largest absolute Gasteiger partial charge is 0.480 e. The maximum Gasteiger partial charge on any atom is 0.171 e. The van der Waals surface area contributed by atoms with Crippen molar-refractivity contribution in [3.63, 3.8) is 0 Å². The molecule has 0 amide bonds. The number of hydrogen-bond acceptors (Lipinski definition) is 5. The number of aromatic nitrogens is 3. The van der Waals surface area contributed by atoms with Gasteiger partial charge in [-0.05, 0) is 69.7 Å². The molecule has 2 aliphatic rings. The highest BCUT2D eigenvalue weighted by Gasteiger charge is 2.37. The molecule has 6 nitrogen and oxygen atoms in total. The Hall–Kier alpha value is -1.89. The van der Waals surface area contributed by atoms with Crippen molar-refractivity contribution < 1.29 is 13.2 Å². The van der Waals surface area contributed by atoms with Crippen LogP contribution in [0.15, 0.2) is 18.2 Å². The summed E-state index contributed by atoms with van der Waals surface area (Å²) in [5.41, 5.74) is 2.06. The number of hydrogen-bond donors (Lipinski definition) is 0. The summed E-state index contributed by atoms with van der Waals surface area (Å²) in [6.45, 7) is 5.75. The number of sulfone groups is 1. The van der Waals surface area contributed by atoms with Gasteiger partial charge in [0.1, 0.15) is 11.6 Å². The van der Waals surface area contributed by atoms with Gasteiger partial charge < -0.3 is 4.74 Å². The van der Waals surface area contributed by atoms with Gasteiger partial charge in [0.05, 0.1) is 17.5 Å². The van der Waals surface area contributed by atoms with Crippen LogP contribution >= 0.6 is 0 Å². The molecule has 1 atom stereocenters. The number of fused-ring (bicyclic) bond motifs is 1. The highest BCUT2D eigenvalue weighted by Crippen LogP contribution is 2.33. The van der Waals surface area contributed by atoms with E-state index in [2.05, 4.69) is 22.2 Å². The number of aryl methyl sites for hydroxylation is 3. The Kier molecular flexibility index (Phi) is 4.10. The molecule has 1 saturated heterocycles. The highest BCUT2D eigenvalue weighted by molar-refractivity contribution is 7.91. The molecule has 140 valence electrons. The first-order valence-corrected chi connectivity index (χ1v) is 11.0. The van der Waals surface area contributed by atoms with Crippen molar-refractivity contribution in [3.05, 3.63) is 41.0 Å². The van der Waals surface area contributed by atoms with Crippen LogP contribution in [-0.2, 0) is 28.3 Å². The van der Waals surface area contributed by atoms with E-state index >= 15 is 0 Å². The third-order valence-electron chi connectivity index (χ3n) is 5.27. The fourth-order valence-corrected chi connectivity index (χ4v) is 5.71. The number of ether oxygens (including phenoxy) is 1. The number of benzene rings is 1. The molecule has 4 rings (SSSR count). The lowest BCUT2D eigenvalue weighted by molar-refractivity contribution is 0.0906. The lowest BCUT2D eigenvalue weighted by Gasteiger charge is -2.27. The Morgan fingerprint density at radius 1 is 1.23 bits per heavy atom. The van der Waals surface area contributed by atoms with E-state index in [4.69, 9.17) is 4.74 Å². The number of nitrogens with zero attached hydrogens (tertiary/aromatic N) is 3. The summed E-state index contributed by atoms with van der Waals surface area (Å²) in [6.07, 6.45) is 4.02. The minimum atomic E-state index is -2.99. The van der Waals surface area contributed by atoms with Gasteiger partial charge in [-0.25, -0.2) is 18.1 Å². The molecule has 1 aliphatic carbocycles. The summed E-state index contributed by atoms with van der Waals surface area (Å²) in [4.78, 5) is 4.58. The highest BCUT2D eigenvalue weighted by atomic mass is 32.2. The quantitative estimate of drug-likeness (QED) is 0.821. The molecule has 1 unspecified atom stereocenters. The standard InChI is InChI=1S/C19H25N3O3S/c1-13-20-18(22(21-13)16-9-10-26(23,24)12-16)19(2,3)25-17-8-7-14-5-4-6-15(14)11-17/h7-8,11,16H,4-6,9-10,12H2,1-3H3. The van der Waals surface area contributed by atoms with Crippen LogP contribution < -0.4 is 4.74 Å². The zero-order valence-electron chi connectivity index (χ0n) is 15.5. The van der Waals surface area contributed by atoms with Crippen LogP contribution in [0.1, 0.15) is 55.5 Å². The molecule has 7 heteroatoms. The van der Waals surface area contributed by atoms with E-state index in [0.29, 0.717) is 18.1 Å². The summed E-state index contributed by atoms with van der Waals surface area (Å²) in [5, 5.41) is 4.49. The fraction of sp³-hybridized carbons (Fsp3) is 0.579. The minimum absolute atomic E-state index is 0.123. The van der Waals surface area contributed by atoms with Crippen molar-refractivity contribution >= 4 is 9.84 Å². The van der Waals surface area contributed by atoms with Crippen LogP contribution in [0.2, 0.25) is 0 Å². The van der Waals surface area contributed by atoms with E-state index < -0.39 is 15.4 Å². The van der Waals surface area contributed by atoms with E-state index in [1.165, 1.54) is 17.5 Å². The van der Waals surface area contributed by atoms with Crippen molar-refractivity contribution in [3.8, 4) is 5.75 Å². The zero-order valence-corrected chi connectivity index (χ0v) is 16.3. The molecule has 1 aliphatic heterocycles. The van der Waals surface area contributed by atoms with Gasteiger partial charge in [-0.15, -0.1) is 0 Å². The normalized spacial score (nSPS) is 21.7. The molecule has 0 spiro atoms. The Labute approximate surface area is 154 Å². The van der Waals surface area contributed by atoms with Gasteiger partial charge in [-0.3, -0.25) is 0 Å². The van der Waals surface area contributed by atoms with Gasteiger partial charge >= 0.3 is 0 Å². The molecule has 2 aromatic rings. The van der Waals surface area contributed by atoms with Crippen LogP contribution in [0.3, 0.4) is 0 Å². The molecule has 0 radical (unpaired) electrons. The monoisotopic (exact) mass is 375 g/mol. The Bertz CT molecular complexity index is 947. The van der Waals surface area contributed by atoms with Gasteiger partial charge in [0.15, 0.2) is 21.3 Å². The molecule has 1 aromatic heterocycles. The molecule has 1 fully saturated rings. The van der Waals surface area contributed by atoms with Crippen molar-refractivity contribution in [1.29, 1.82) is 0 Å². The predicted octanol–water partition coefficient (Wildman–Crippen LogP) is 2.75.